The van der Waals surface area contributed by atoms with Gasteiger partial charge in [0.05, 0.1) is 12.2 Å². The molecule has 0 aliphatic rings. The highest BCUT2D eigenvalue weighted by Gasteiger charge is 2.11. The minimum atomic E-state index is 0.718. The Kier molecular flexibility index (Phi) is 4.00. The fourth-order valence-electron chi connectivity index (χ4n) is 2.50. The van der Waals surface area contributed by atoms with Gasteiger partial charge in [0.1, 0.15) is 5.82 Å². The van der Waals surface area contributed by atoms with E-state index < -0.39 is 0 Å². The monoisotopic (exact) mass is 336 g/mol. The number of thioether (sulfide) groups is 1. The van der Waals surface area contributed by atoms with E-state index in [1.54, 1.807) is 18.0 Å². The van der Waals surface area contributed by atoms with Gasteiger partial charge in [-0.2, -0.15) is 0 Å². The van der Waals surface area contributed by atoms with E-state index in [-0.39, 0.29) is 0 Å². The van der Waals surface area contributed by atoms with E-state index >= 15 is 0 Å². The molecule has 0 aliphatic heterocycles. The summed E-state index contributed by atoms with van der Waals surface area (Å²) in [6, 6.07) is 12.2. The van der Waals surface area contributed by atoms with Gasteiger partial charge in [0.2, 0.25) is 5.78 Å². The lowest BCUT2D eigenvalue weighted by Crippen LogP contribution is -2.03. The molecule has 0 spiro atoms. The third kappa shape index (κ3) is 3.03. The molecule has 0 saturated carbocycles. The molecule has 3 heterocycles. The van der Waals surface area contributed by atoms with Crippen LogP contribution in [0.2, 0.25) is 0 Å². The van der Waals surface area contributed by atoms with Crippen LogP contribution in [0.15, 0.2) is 60.1 Å². The van der Waals surface area contributed by atoms with E-state index in [4.69, 9.17) is 0 Å². The van der Waals surface area contributed by atoms with Crippen LogP contribution in [0.1, 0.15) is 17.1 Å². The van der Waals surface area contributed by atoms with Gasteiger partial charge in [-0.1, -0.05) is 42.1 Å². The largest absolute Gasteiger partial charge is 0.302 e. The molecule has 0 radical (unpaired) electrons. The van der Waals surface area contributed by atoms with Gasteiger partial charge in [0, 0.05) is 24.3 Å². The number of nitrogens with zero attached hydrogens (tertiary/aromatic N) is 6. The third-order valence-corrected chi connectivity index (χ3v) is 4.72. The SMILES string of the molecule is Cc1nnc(SCc2cn3cccnc3n2)n1Cc1ccccc1. The molecule has 24 heavy (non-hydrogen) atoms. The average Bonchev–Trinajstić information content (AvgIpc) is 3.18. The Morgan fingerprint density at radius 3 is 2.79 bits per heavy atom. The van der Waals surface area contributed by atoms with Crippen LogP contribution in [0.4, 0.5) is 0 Å². The molecule has 6 nitrogen and oxygen atoms in total. The van der Waals surface area contributed by atoms with E-state index in [2.05, 4.69) is 36.9 Å². The van der Waals surface area contributed by atoms with Crippen LogP contribution in [0.5, 0.6) is 0 Å². The smallest absolute Gasteiger partial charge is 0.233 e. The van der Waals surface area contributed by atoms with Crippen molar-refractivity contribution in [3.05, 3.63) is 72.1 Å². The summed E-state index contributed by atoms with van der Waals surface area (Å²) in [5.74, 6) is 2.36. The van der Waals surface area contributed by atoms with E-state index in [9.17, 15) is 0 Å². The number of aromatic nitrogens is 6. The summed E-state index contributed by atoms with van der Waals surface area (Å²) in [5.41, 5.74) is 2.21. The molecule has 0 fully saturated rings. The molecule has 0 atom stereocenters. The molecule has 0 N–H and O–H groups in total. The van der Waals surface area contributed by atoms with Crippen LogP contribution in [-0.4, -0.2) is 29.1 Å². The van der Waals surface area contributed by atoms with Crippen LogP contribution < -0.4 is 0 Å². The molecular weight excluding hydrogens is 320 g/mol. The van der Waals surface area contributed by atoms with Crippen molar-refractivity contribution in [2.75, 3.05) is 0 Å². The highest BCUT2D eigenvalue weighted by molar-refractivity contribution is 7.98. The lowest BCUT2D eigenvalue weighted by Gasteiger charge is -2.07. The van der Waals surface area contributed by atoms with Crippen molar-refractivity contribution in [1.82, 2.24) is 29.1 Å². The zero-order chi connectivity index (χ0) is 16.4. The summed E-state index contributed by atoms with van der Waals surface area (Å²) in [5, 5.41) is 9.43. The number of benzene rings is 1. The Hall–Kier alpha value is -2.67. The van der Waals surface area contributed by atoms with Crippen LogP contribution in [-0.2, 0) is 12.3 Å². The van der Waals surface area contributed by atoms with E-state index in [1.807, 2.05) is 48.0 Å². The molecule has 0 unspecified atom stereocenters. The highest BCUT2D eigenvalue weighted by Crippen LogP contribution is 2.22. The third-order valence-electron chi connectivity index (χ3n) is 3.72. The first-order valence-corrected chi connectivity index (χ1v) is 8.63. The minimum absolute atomic E-state index is 0.718. The summed E-state index contributed by atoms with van der Waals surface area (Å²) in [7, 11) is 0. The zero-order valence-corrected chi connectivity index (χ0v) is 14.0. The fourth-order valence-corrected chi connectivity index (χ4v) is 3.37. The summed E-state index contributed by atoms with van der Waals surface area (Å²) < 4.78 is 4.06. The lowest BCUT2D eigenvalue weighted by molar-refractivity contribution is 0.688. The molecule has 0 aliphatic carbocycles. The normalized spacial score (nSPS) is 11.2. The summed E-state index contributed by atoms with van der Waals surface area (Å²) in [4.78, 5) is 8.77. The first-order valence-electron chi connectivity index (χ1n) is 7.65. The van der Waals surface area contributed by atoms with Crippen LogP contribution in [0, 0.1) is 6.92 Å². The van der Waals surface area contributed by atoms with Crippen LogP contribution in [0.25, 0.3) is 5.78 Å². The Bertz CT molecular complexity index is 927. The molecule has 4 rings (SSSR count). The number of hydrogen-bond acceptors (Lipinski definition) is 5. The van der Waals surface area contributed by atoms with Gasteiger partial charge in [-0.05, 0) is 18.6 Å². The summed E-state index contributed by atoms with van der Waals surface area (Å²) in [6.07, 6.45) is 5.70. The molecule has 0 bridgehead atoms. The molecule has 4 aromatic rings. The van der Waals surface area contributed by atoms with Gasteiger partial charge in [-0.25, -0.2) is 9.97 Å². The topological polar surface area (TPSA) is 60.9 Å². The molecule has 1 aromatic carbocycles. The number of fused-ring (bicyclic) bond motifs is 1. The molecule has 0 saturated heterocycles. The highest BCUT2D eigenvalue weighted by atomic mass is 32.2. The summed E-state index contributed by atoms with van der Waals surface area (Å²) >= 11 is 1.64. The Morgan fingerprint density at radius 2 is 1.96 bits per heavy atom. The van der Waals surface area contributed by atoms with Crippen molar-refractivity contribution >= 4 is 17.5 Å². The first-order chi connectivity index (χ1) is 11.8. The van der Waals surface area contributed by atoms with E-state index in [1.165, 1.54) is 5.56 Å². The Labute approximate surface area is 143 Å². The fraction of sp³-hybridized carbons (Fsp3) is 0.176. The van der Waals surface area contributed by atoms with Gasteiger partial charge >= 0.3 is 0 Å². The van der Waals surface area contributed by atoms with Crippen molar-refractivity contribution in [3.63, 3.8) is 0 Å². The molecular formula is C17H16N6S. The number of hydrogen-bond donors (Lipinski definition) is 0. The average molecular weight is 336 g/mol. The van der Waals surface area contributed by atoms with Gasteiger partial charge in [0.15, 0.2) is 5.16 Å². The maximum Gasteiger partial charge on any atom is 0.233 e. The second-order valence-electron chi connectivity index (χ2n) is 5.45. The number of aryl methyl sites for hydroxylation is 1. The predicted octanol–water partition coefficient (Wildman–Crippen LogP) is 2.97. The maximum atomic E-state index is 4.52. The van der Waals surface area contributed by atoms with Gasteiger partial charge in [-0.15, -0.1) is 10.2 Å². The van der Waals surface area contributed by atoms with Crippen molar-refractivity contribution < 1.29 is 0 Å². The van der Waals surface area contributed by atoms with Gasteiger partial charge < -0.3 is 4.57 Å². The standard InChI is InChI=1S/C17H16N6S/c1-13-20-21-17(23(13)10-14-6-3-2-4-7-14)24-12-15-11-22-9-5-8-18-16(22)19-15/h2-9,11H,10,12H2,1H3. The molecule has 7 heteroatoms. The minimum Gasteiger partial charge on any atom is -0.302 e. The van der Waals surface area contributed by atoms with Crippen molar-refractivity contribution in [2.45, 2.75) is 24.4 Å². The lowest BCUT2D eigenvalue weighted by atomic mass is 10.2. The van der Waals surface area contributed by atoms with Crippen LogP contribution in [0.3, 0.4) is 0 Å². The van der Waals surface area contributed by atoms with E-state index in [0.717, 1.165) is 34.8 Å². The van der Waals surface area contributed by atoms with Crippen molar-refractivity contribution in [3.8, 4) is 0 Å². The second kappa shape index (κ2) is 6.45. The predicted molar refractivity (Wildman–Crippen MR) is 92.9 cm³/mol. The number of imidazole rings is 1. The second-order valence-corrected chi connectivity index (χ2v) is 6.39. The van der Waals surface area contributed by atoms with E-state index in [0.29, 0.717) is 0 Å². The van der Waals surface area contributed by atoms with Crippen molar-refractivity contribution in [2.24, 2.45) is 0 Å². The van der Waals surface area contributed by atoms with Gasteiger partial charge in [-0.3, -0.25) is 4.40 Å². The molecule has 3 aromatic heterocycles. The molecule has 0 amide bonds. The quantitative estimate of drug-likeness (QED) is 0.524. The van der Waals surface area contributed by atoms with Crippen LogP contribution >= 0.6 is 11.8 Å². The van der Waals surface area contributed by atoms with Gasteiger partial charge in [0.25, 0.3) is 0 Å². The Balaban J connectivity index is 1.52. The Morgan fingerprint density at radius 1 is 1.08 bits per heavy atom. The maximum absolute atomic E-state index is 4.52. The molecule has 120 valence electrons. The summed E-state index contributed by atoms with van der Waals surface area (Å²) in [6.45, 7) is 2.75. The first kappa shape index (κ1) is 14.9. The number of rotatable bonds is 5. The zero-order valence-electron chi connectivity index (χ0n) is 13.2. The van der Waals surface area contributed by atoms with Crippen molar-refractivity contribution in [1.29, 1.82) is 0 Å².